The molecule has 0 spiro atoms. The van der Waals surface area contributed by atoms with Crippen molar-refractivity contribution in [3.63, 3.8) is 0 Å². The van der Waals surface area contributed by atoms with Gasteiger partial charge in [0.05, 0.1) is 5.60 Å². The molecule has 0 bridgehead atoms. The van der Waals surface area contributed by atoms with Gasteiger partial charge >= 0.3 is 0 Å². The van der Waals surface area contributed by atoms with E-state index in [1.165, 1.54) is 31.2 Å². The highest BCUT2D eigenvalue weighted by atomic mass is 16.5. The van der Waals surface area contributed by atoms with Gasteiger partial charge in [0.1, 0.15) is 0 Å². The zero-order valence-corrected chi connectivity index (χ0v) is 13.3. The Hall–Kier alpha value is -0.900. The van der Waals surface area contributed by atoms with Crippen molar-refractivity contribution in [2.45, 2.75) is 50.3 Å². The van der Waals surface area contributed by atoms with E-state index in [1.807, 2.05) is 7.11 Å². The van der Waals surface area contributed by atoms with Gasteiger partial charge in [-0.25, -0.2) is 0 Å². The summed E-state index contributed by atoms with van der Waals surface area (Å²) in [6.45, 7) is 5.51. The smallest absolute Gasteiger partial charge is 0.0805 e. The zero-order chi connectivity index (χ0) is 14.7. The van der Waals surface area contributed by atoms with Crippen LogP contribution in [0.3, 0.4) is 0 Å². The molecule has 2 atom stereocenters. The topological polar surface area (TPSA) is 24.5 Å². The first-order valence-corrected chi connectivity index (χ1v) is 8.34. The minimum Gasteiger partial charge on any atom is -0.377 e. The van der Waals surface area contributed by atoms with Crippen molar-refractivity contribution in [1.82, 2.24) is 10.2 Å². The lowest BCUT2D eigenvalue weighted by atomic mass is 9.79. The molecule has 116 valence electrons. The van der Waals surface area contributed by atoms with Crippen LogP contribution < -0.4 is 5.32 Å². The predicted molar refractivity (Wildman–Crippen MR) is 86.4 cm³/mol. The van der Waals surface area contributed by atoms with E-state index in [9.17, 15) is 0 Å². The number of hydrogen-bond donors (Lipinski definition) is 1. The molecule has 3 heteroatoms. The Balaban J connectivity index is 1.77. The molecule has 2 aliphatic rings. The van der Waals surface area contributed by atoms with Crippen molar-refractivity contribution in [3.8, 4) is 0 Å². The van der Waals surface area contributed by atoms with Crippen LogP contribution in [-0.2, 0) is 4.74 Å². The fraction of sp³-hybridized carbons (Fsp3) is 0.667. The van der Waals surface area contributed by atoms with E-state index in [0.717, 1.165) is 19.6 Å². The van der Waals surface area contributed by atoms with Gasteiger partial charge in [0.15, 0.2) is 0 Å². The Morgan fingerprint density at radius 3 is 2.62 bits per heavy atom. The van der Waals surface area contributed by atoms with Gasteiger partial charge in [0, 0.05) is 38.8 Å². The second kappa shape index (κ2) is 6.47. The third kappa shape index (κ3) is 3.15. The number of nitrogens with one attached hydrogen (secondary N) is 1. The van der Waals surface area contributed by atoms with E-state index in [-0.39, 0.29) is 5.60 Å². The highest BCUT2D eigenvalue weighted by Gasteiger charge is 2.41. The molecule has 1 heterocycles. The molecule has 1 aliphatic carbocycles. The lowest BCUT2D eigenvalue weighted by Crippen LogP contribution is -2.58. The zero-order valence-electron chi connectivity index (χ0n) is 13.3. The maximum Gasteiger partial charge on any atom is 0.0805 e. The van der Waals surface area contributed by atoms with Gasteiger partial charge in [-0.1, -0.05) is 37.3 Å². The van der Waals surface area contributed by atoms with Gasteiger partial charge in [-0.3, -0.25) is 4.90 Å². The number of benzene rings is 1. The molecule has 3 rings (SSSR count). The molecule has 1 saturated carbocycles. The Kier molecular flexibility index (Phi) is 4.63. The summed E-state index contributed by atoms with van der Waals surface area (Å²) in [5.41, 5.74) is 1.54. The molecule has 21 heavy (non-hydrogen) atoms. The Morgan fingerprint density at radius 2 is 2.05 bits per heavy atom. The molecule has 1 aliphatic heterocycles. The maximum atomic E-state index is 5.87. The van der Waals surface area contributed by atoms with E-state index in [2.05, 4.69) is 47.5 Å². The summed E-state index contributed by atoms with van der Waals surface area (Å²) in [5, 5.41) is 3.70. The van der Waals surface area contributed by atoms with Crippen LogP contribution in [0, 0.1) is 0 Å². The molecular weight excluding hydrogens is 260 g/mol. The summed E-state index contributed by atoms with van der Waals surface area (Å²) in [6.07, 6.45) is 4.93. The number of nitrogens with zero attached hydrogens (tertiary/aromatic N) is 1. The highest BCUT2D eigenvalue weighted by molar-refractivity contribution is 5.20. The molecule has 3 nitrogen and oxygen atoms in total. The fourth-order valence-corrected chi connectivity index (χ4v) is 3.70. The van der Waals surface area contributed by atoms with Crippen molar-refractivity contribution >= 4 is 0 Å². The number of hydrogen-bond acceptors (Lipinski definition) is 3. The van der Waals surface area contributed by atoms with Crippen molar-refractivity contribution in [1.29, 1.82) is 0 Å². The van der Waals surface area contributed by atoms with Gasteiger partial charge in [-0.15, -0.1) is 0 Å². The van der Waals surface area contributed by atoms with Crippen molar-refractivity contribution in [2.24, 2.45) is 0 Å². The summed E-state index contributed by atoms with van der Waals surface area (Å²) in [6, 6.07) is 12.0. The van der Waals surface area contributed by atoms with E-state index in [1.54, 1.807) is 0 Å². The maximum absolute atomic E-state index is 5.87. The minimum atomic E-state index is 0.114. The van der Waals surface area contributed by atoms with Crippen molar-refractivity contribution in [2.75, 3.05) is 26.7 Å². The van der Waals surface area contributed by atoms with E-state index in [4.69, 9.17) is 4.74 Å². The third-order valence-electron chi connectivity index (χ3n) is 5.36. The summed E-state index contributed by atoms with van der Waals surface area (Å²) >= 11 is 0. The lowest BCUT2D eigenvalue weighted by Gasteiger charge is -2.48. The first-order chi connectivity index (χ1) is 10.3. The summed E-state index contributed by atoms with van der Waals surface area (Å²) in [7, 11) is 1.89. The van der Waals surface area contributed by atoms with Crippen LogP contribution in [0.2, 0.25) is 0 Å². The first-order valence-electron chi connectivity index (χ1n) is 8.34. The summed E-state index contributed by atoms with van der Waals surface area (Å²) in [4.78, 5) is 2.66. The summed E-state index contributed by atoms with van der Waals surface area (Å²) < 4.78 is 5.87. The first kappa shape index (κ1) is 15.0. The largest absolute Gasteiger partial charge is 0.377 e. The average Bonchev–Trinajstić information content (AvgIpc) is 2.51. The Labute approximate surface area is 128 Å². The van der Waals surface area contributed by atoms with Gasteiger partial charge in [-0.05, 0) is 31.2 Å². The second-order valence-electron chi connectivity index (χ2n) is 6.61. The second-order valence-corrected chi connectivity index (χ2v) is 6.61. The summed E-state index contributed by atoms with van der Waals surface area (Å²) in [5.74, 6) is 0. The standard InChI is InChI=1S/C18H28N2O/c1-3-16-13-20(14-18(21-2)10-7-11-18)17(12-19-16)15-8-5-4-6-9-15/h4-6,8-9,16-17,19H,3,7,10-14H2,1-2H3. The van der Waals surface area contributed by atoms with Crippen LogP contribution >= 0.6 is 0 Å². The number of ether oxygens (including phenoxy) is 1. The SMILES string of the molecule is CCC1CN(CC2(OC)CCC2)C(c2ccccc2)CN1. The van der Waals surface area contributed by atoms with Gasteiger partial charge in [0.25, 0.3) is 0 Å². The molecule has 1 saturated heterocycles. The number of piperazine rings is 1. The van der Waals surface area contributed by atoms with Crippen LogP contribution in [0.25, 0.3) is 0 Å². The fourth-order valence-electron chi connectivity index (χ4n) is 3.70. The molecule has 0 radical (unpaired) electrons. The number of methoxy groups -OCH3 is 1. The number of rotatable bonds is 5. The third-order valence-corrected chi connectivity index (χ3v) is 5.36. The molecule has 2 fully saturated rings. The quantitative estimate of drug-likeness (QED) is 0.901. The minimum absolute atomic E-state index is 0.114. The van der Waals surface area contributed by atoms with Crippen molar-refractivity contribution < 1.29 is 4.74 Å². The van der Waals surface area contributed by atoms with Crippen LogP contribution in [0.5, 0.6) is 0 Å². The Morgan fingerprint density at radius 1 is 1.29 bits per heavy atom. The van der Waals surface area contributed by atoms with Crippen molar-refractivity contribution in [3.05, 3.63) is 35.9 Å². The normalized spacial score (nSPS) is 29.0. The monoisotopic (exact) mass is 288 g/mol. The average molecular weight is 288 g/mol. The van der Waals surface area contributed by atoms with E-state index >= 15 is 0 Å². The molecule has 1 N–H and O–H groups in total. The predicted octanol–water partition coefficient (Wildman–Crippen LogP) is 2.98. The van der Waals surface area contributed by atoms with Crippen LogP contribution in [0.15, 0.2) is 30.3 Å². The van der Waals surface area contributed by atoms with Gasteiger partial charge in [-0.2, -0.15) is 0 Å². The van der Waals surface area contributed by atoms with Gasteiger partial charge in [0.2, 0.25) is 0 Å². The van der Waals surface area contributed by atoms with Gasteiger partial charge < -0.3 is 10.1 Å². The lowest BCUT2D eigenvalue weighted by molar-refractivity contribution is -0.102. The molecular formula is C18H28N2O. The van der Waals surface area contributed by atoms with Crippen LogP contribution in [-0.4, -0.2) is 43.3 Å². The molecule has 0 amide bonds. The molecule has 2 unspecified atom stereocenters. The molecule has 0 aromatic heterocycles. The molecule has 1 aromatic carbocycles. The van der Waals surface area contributed by atoms with Crippen LogP contribution in [0.1, 0.15) is 44.2 Å². The highest BCUT2D eigenvalue weighted by Crippen LogP contribution is 2.38. The van der Waals surface area contributed by atoms with Crippen LogP contribution in [0.4, 0.5) is 0 Å². The Bertz CT molecular complexity index is 438. The molecule has 1 aromatic rings. The van der Waals surface area contributed by atoms with E-state index < -0.39 is 0 Å². The van der Waals surface area contributed by atoms with E-state index in [0.29, 0.717) is 12.1 Å².